The molecule has 1 aliphatic rings. The zero-order valence-electron chi connectivity index (χ0n) is 15.6. The lowest BCUT2D eigenvalue weighted by Gasteiger charge is -2.29. The fourth-order valence-corrected chi connectivity index (χ4v) is 4.93. The number of hydrogen-bond donors (Lipinski definition) is 2. The standard InChI is InChI=1S/C19H28N4OS2/c1-14(12-23-10-4-3-5-11-23)21-19(24)20-9-8-16-6-7-18(26-16)17-13-25-15(2)22-17/h6-7,13-14H,3-5,8-12H2,1-2H3,(H2,20,21,24). The molecule has 3 heterocycles. The van der Waals surface area contributed by atoms with Crippen LogP contribution >= 0.6 is 22.7 Å². The second-order valence-electron chi connectivity index (χ2n) is 6.93. The molecule has 2 aromatic heterocycles. The fraction of sp³-hybridized carbons (Fsp3) is 0.579. The molecule has 0 radical (unpaired) electrons. The molecule has 1 atom stereocenters. The number of thiophene rings is 1. The van der Waals surface area contributed by atoms with Crippen LogP contribution in [-0.4, -0.2) is 48.1 Å². The zero-order valence-corrected chi connectivity index (χ0v) is 17.2. The summed E-state index contributed by atoms with van der Waals surface area (Å²) in [5.74, 6) is 0. The van der Waals surface area contributed by atoms with Crippen molar-refractivity contribution in [1.82, 2.24) is 20.5 Å². The summed E-state index contributed by atoms with van der Waals surface area (Å²) in [7, 11) is 0. The highest BCUT2D eigenvalue weighted by Gasteiger charge is 2.14. The fourth-order valence-electron chi connectivity index (χ4n) is 3.28. The number of thiazole rings is 1. The van der Waals surface area contributed by atoms with E-state index in [1.54, 1.807) is 22.7 Å². The normalized spacial score (nSPS) is 16.4. The lowest BCUT2D eigenvalue weighted by molar-refractivity contribution is 0.203. The maximum absolute atomic E-state index is 12.1. The van der Waals surface area contributed by atoms with Crippen LogP contribution in [0.25, 0.3) is 10.6 Å². The van der Waals surface area contributed by atoms with E-state index >= 15 is 0 Å². The first-order valence-corrected chi connectivity index (χ1v) is 11.1. The van der Waals surface area contributed by atoms with Gasteiger partial charge in [-0.25, -0.2) is 9.78 Å². The molecule has 142 valence electrons. The quantitative estimate of drug-likeness (QED) is 0.751. The maximum atomic E-state index is 12.1. The molecule has 0 saturated carbocycles. The van der Waals surface area contributed by atoms with Crippen molar-refractivity contribution in [2.24, 2.45) is 0 Å². The van der Waals surface area contributed by atoms with Crippen molar-refractivity contribution in [3.63, 3.8) is 0 Å². The van der Waals surface area contributed by atoms with E-state index in [2.05, 4.69) is 45.0 Å². The molecule has 0 bridgehead atoms. The SMILES string of the molecule is Cc1nc(-c2ccc(CCNC(=O)NC(C)CN3CCCCC3)s2)cs1. The number of nitrogens with one attached hydrogen (secondary N) is 2. The predicted octanol–water partition coefficient (Wildman–Crippen LogP) is 3.90. The van der Waals surface area contributed by atoms with Gasteiger partial charge in [0.1, 0.15) is 0 Å². The third-order valence-electron chi connectivity index (χ3n) is 4.55. The average Bonchev–Trinajstić information content (AvgIpc) is 3.24. The summed E-state index contributed by atoms with van der Waals surface area (Å²) in [6, 6.07) is 4.36. The molecule has 5 nitrogen and oxygen atoms in total. The molecule has 1 fully saturated rings. The van der Waals surface area contributed by atoms with Crippen LogP contribution in [0.4, 0.5) is 4.79 Å². The van der Waals surface area contributed by atoms with Gasteiger partial charge in [0.25, 0.3) is 0 Å². The molecule has 2 aromatic rings. The molecular formula is C19H28N4OS2. The number of carbonyl (C=O) groups excluding carboxylic acids is 1. The van der Waals surface area contributed by atoms with Gasteiger partial charge in [-0.05, 0) is 58.3 Å². The van der Waals surface area contributed by atoms with E-state index in [0.717, 1.165) is 36.8 Å². The first-order chi connectivity index (χ1) is 12.6. The molecule has 0 aromatic carbocycles. The van der Waals surface area contributed by atoms with Crippen molar-refractivity contribution >= 4 is 28.7 Å². The Kier molecular flexibility index (Phi) is 7.05. The zero-order chi connectivity index (χ0) is 18.4. The molecule has 26 heavy (non-hydrogen) atoms. The Bertz CT molecular complexity index is 706. The minimum atomic E-state index is -0.0681. The molecule has 2 N–H and O–H groups in total. The minimum absolute atomic E-state index is 0.0681. The number of carbonyl (C=O) groups is 1. The minimum Gasteiger partial charge on any atom is -0.338 e. The van der Waals surface area contributed by atoms with E-state index in [1.165, 1.54) is 29.0 Å². The summed E-state index contributed by atoms with van der Waals surface area (Å²) in [6.45, 7) is 8.01. The van der Waals surface area contributed by atoms with Crippen LogP contribution in [0.2, 0.25) is 0 Å². The van der Waals surface area contributed by atoms with Crippen LogP contribution in [0, 0.1) is 6.92 Å². The molecule has 0 spiro atoms. The van der Waals surface area contributed by atoms with E-state index in [4.69, 9.17) is 0 Å². The van der Waals surface area contributed by atoms with Crippen LogP contribution in [0.3, 0.4) is 0 Å². The summed E-state index contributed by atoms with van der Waals surface area (Å²) >= 11 is 3.43. The third-order valence-corrected chi connectivity index (χ3v) is 6.49. The van der Waals surface area contributed by atoms with Crippen molar-refractivity contribution in [3.05, 3.63) is 27.4 Å². The molecule has 2 amide bonds. The molecule has 7 heteroatoms. The van der Waals surface area contributed by atoms with E-state index in [1.807, 2.05) is 6.92 Å². The highest BCUT2D eigenvalue weighted by molar-refractivity contribution is 7.16. The number of nitrogens with zero attached hydrogens (tertiary/aromatic N) is 2. The van der Waals surface area contributed by atoms with Gasteiger partial charge in [-0.1, -0.05) is 6.42 Å². The average molecular weight is 393 g/mol. The molecule has 1 saturated heterocycles. The number of urea groups is 1. The summed E-state index contributed by atoms with van der Waals surface area (Å²) in [6.07, 6.45) is 4.75. The Morgan fingerprint density at radius 2 is 2.12 bits per heavy atom. The second kappa shape index (κ2) is 9.48. The topological polar surface area (TPSA) is 57.3 Å². The Morgan fingerprint density at radius 3 is 2.85 bits per heavy atom. The summed E-state index contributed by atoms with van der Waals surface area (Å²) in [4.78, 5) is 21.5. The third kappa shape index (κ3) is 5.79. The number of aryl methyl sites for hydroxylation is 1. The largest absolute Gasteiger partial charge is 0.338 e. The van der Waals surface area contributed by atoms with Gasteiger partial charge in [-0.2, -0.15) is 0 Å². The number of piperidine rings is 1. The molecule has 1 unspecified atom stereocenters. The highest BCUT2D eigenvalue weighted by Crippen LogP contribution is 2.29. The van der Waals surface area contributed by atoms with Crippen molar-refractivity contribution in [1.29, 1.82) is 0 Å². The van der Waals surface area contributed by atoms with E-state index < -0.39 is 0 Å². The number of aromatic nitrogens is 1. The number of amides is 2. The Labute approximate surface area is 163 Å². The van der Waals surface area contributed by atoms with Crippen molar-refractivity contribution in [2.75, 3.05) is 26.2 Å². The van der Waals surface area contributed by atoms with E-state index in [-0.39, 0.29) is 12.1 Å². The first-order valence-electron chi connectivity index (χ1n) is 9.38. The molecular weight excluding hydrogens is 364 g/mol. The summed E-state index contributed by atoms with van der Waals surface area (Å²) < 4.78 is 0. The Balaban J connectivity index is 1.36. The van der Waals surface area contributed by atoms with Gasteiger partial charge >= 0.3 is 6.03 Å². The van der Waals surface area contributed by atoms with Gasteiger partial charge in [0.15, 0.2) is 0 Å². The summed E-state index contributed by atoms with van der Waals surface area (Å²) in [5.41, 5.74) is 1.06. The van der Waals surface area contributed by atoms with E-state index in [9.17, 15) is 4.79 Å². The lowest BCUT2D eigenvalue weighted by atomic mass is 10.1. The summed E-state index contributed by atoms with van der Waals surface area (Å²) in [5, 5.41) is 9.21. The van der Waals surface area contributed by atoms with Gasteiger partial charge in [0.05, 0.1) is 15.6 Å². The van der Waals surface area contributed by atoms with E-state index in [0.29, 0.717) is 6.54 Å². The van der Waals surface area contributed by atoms with Crippen LogP contribution in [0.1, 0.15) is 36.1 Å². The van der Waals surface area contributed by atoms with Crippen molar-refractivity contribution in [3.8, 4) is 10.6 Å². The smallest absolute Gasteiger partial charge is 0.315 e. The van der Waals surface area contributed by atoms with Crippen molar-refractivity contribution < 1.29 is 4.79 Å². The molecule has 1 aliphatic heterocycles. The van der Waals surface area contributed by atoms with Gasteiger partial charge in [0.2, 0.25) is 0 Å². The highest BCUT2D eigenvalue weighted by atomic mass is 32.1. The number of rotatable bonds is 7. The number of hydrogen-bond acceptors (Lipinski definition) is 5. The van der Waals surface area contributed by atoms with Crippen LogP contribution in [0.5, 0.6) is 0 Å². The van der Waals surface area contributed by atoms with Crippen LogP contribution in [-0.2, 0) is 6.42 Å². The van der Waals surface area contributed by atoms with Gasteiger partial charge in [0, 0.05) is 29.4 Å². The van der Waals surface area contributed by atoms with Gasteiger partial charge in [-0.3, -0.25) is 0 Å². The van der Waals surface area contributed by atoms with Crippen LogP contribution in [0.15, 0.2) is 17.5 Å². The molecule has 0 aliphatic carbocycles. The van der Waals surface area contributed by atoms with Gasteiger partial charge in [-0.15, -0.1) is 22.7 Å². The predicted molar refractivity (Wildman–Crippen MR) is 110 cm³/mol. The lowest BCUT2D eigenvalue weighted by Crippen LogP contribution is -2.47. The second-order valence-corrected chi connectivity index (χ2v) is 9.16. The number of likely N-dealkylation sites (tertiary alicyclic amines) is 1. The Morgan fingerprint density at radius 1 is 1.31 bits per heavy atom. The molecule has 3 rings (SSSR count). The van der Waals surface area contributed by atoms with Crippen molar-refractivity contribution in [2.45, 2.75) is 45.6 Å². The maximum Gasteiger partial charge on any atom is 0.315 e. The first kappa shape index (κ1) is 19.3. The van der Waals surface area contributed by atoms with Crippen LogP contribution < -0.4 is 10.6 Å². The van der Waals surface area contributed by atoms with Gasteiger partial charge < -0.3 is 15.5 Å². The Hall–Kier alpha value is -1.44. The monoisotopic (exact) mass is 392 g/mol.